The number of ketones is 1. The lowest BCUT2D eigenvalue weighted by molar-refractivity contribution is 0.0971. The van der Waals surface area contributed by atoms with Crippen LogP contribution in [0, 0.1) is 62.3 Å². The second kappa shape index (κ2) is 8.22. The highest BCUT2D eigenvalue weighted by Crippen LogP contribution is 2.38. The summed E-state index contributed by atoms with van der Waals surface area (Å²) in [6, 6.07) is 13.1. The SMILES string of the molecule is Cc1cc(C)c(C(=O)C(c2c(C)cc(C)cc2C)c2c(C)cc(C)cc2C)c(C)c1. The van der Waals surface area contributed by atoms with Crippen LogP contribution in [0.1, 0.15) is 77.5 Å². The second-order valence-electron chi connectivity index (χ2n) is 9.20. The molecular weight excluding hydrogens is 364 g/mol. The standard InChI is InChI=1S/C29H34O/c1-16-10-19(4)25(20(5)11-16)28(26-21(6)12-17(2)13-22(26)7)29(30)27-23(8)14-18(3)15-24(27)9/h10-15,28H,1-9H3. The molecule has 0 fully saturated rings. The molecule has 0 N–H and O–H groups in total. The number of hydrogen-bond acceptors (Lipinski definition) is 1. The molecular formula is C29H34O. The molecule has 0 bridgehead atoms. The number of benzene rings is 3. The van der Waals surface area contributed by atoms with E-state index in [-0.39, 0.29) is 11.7 Å². The van der Waals surface area contributed by atoms with Crippen LogP contribution in [0.25, 0.3) is 0 Å². The van der Waals surface area contributed by atoms with Crippen LogP contribution in [-0.4, -0.2) is 5.78 Å². The summed E-state index contributed by atoms with van der Waals surface area (Å²) >= 11 is 0. The Morgan fingerprint density at radius 1 is 0.500 bits per heavy atom. The van der Waals surface area contributed by atoms with Gasteiger partial charge in [-0.05, 0) is 107 Å². The number of aryl methyl sites for hydroxylation is 9. The molecule has 0 saturated carbocycles. The van der Waals surface area contributed by atoms with Gasteiger partial charge in [0.05, 0.1) is 5.92 Å². The van der Waals surface area contributed by atoms with E-state index in [0.717, 1.165) is 27.8 Å². The van der Waals surface area contributed by atoms with Crippen LogP contribution < -0.4 is 0 Å². The van der Waals surface area contributed by atoms with Crippen LogP contribution in [0.15, 0.2) is 36.4 Å². The molecule has 0 unspecified atom stereocenters. The van der Waals surface area contributed by atoms with Crippen LogP contribution in [0.4, 0.5) is 0 Å². The quantitative estimate of drug-likeness (QED) is 0.416. The molecule has 0 saturated heterocycles. The molecule has 3 aromatic rings. The number of carbonyl (C=O) groups excluding carboxylic acids is 1. The number of hydrogen-bond donors (Lipinski definition) is 0. The van der Waals surface area contributed by atoms with Crippen molar-refractivity contribution in [1.29, 1.82) is 0 Å². The Hall–Kier alpha value is -2.67. The van der Waals surface area contributed by atoms with E-state index >= 15 is 0 Å². The molecule has 0 heterocycles. The molecule has 1 nitrogen and oxygen atoms in total. The summed E-state index contributed by atoms with van der Waals surface area (Å²) in [5.41, 5.74) is 13.7. The zero-order chi connectivity index (χ0) is 22.3. The smallest absolute Gasteiger partial charge is 0.175 e. The number of carbonyl (C=O) groups is 1. The minimum atomic E-state index is -0.300. The molecule has 3 aromatic carbocycles. The fourth-order valence-corrected chi connectivity index (χ4v) is 5.41. The van der Waals surface area contributed by atoms with Gasteiger partial charge >= 0.3 is 0 Å². The van der Waals surface area contributed by atoms with Crippen LogP contribution in [0.2, 0.25) is 0 Å². The maximum absolute atomic E-state index is 14.3. The molecule has 0 amide bonds. The lowest BCUT2D eigenvalue weighted by Gasteiger charge is -2.27. The molecule has 0 spiro atoms. The van der Waals surface area contributed by atoms with Gasteiger partial charge in [-0.25, -0.2) is 0 Å². The van der Waals surface area contributed by atoms with Crippen molar-refractivity contribution < 1.29 is 4.79 Å². The minimum Gasteiger partial charge on any atom is -0.293 e. The topological polar surface area (TPSA) is 17.1 Å². The third kappa shape index (κ3) is 3.99. The Labute approximate surface area is 182 Å². The maximum atomic E-state index is 14.3. The van der Waals surface area contributed by atoms with Gasteiger partial charge < -0.3 is 0 Å². The molecule has 0 radical (unpaired) electrons. The molecule has 156 valence electrons. The minimum absolute atomic E-state index is 0.204. The molecule has 1 heteroatoms. The van der Waals surface area contributed by atoms with Gasteiger partial charge in [-0.3, -0.25) is 4.79 Å². The average molecular weight is 399 g/mol. The second-order valence-corrected chi connectivity index (χ2v) is 9.20. The van der Waals surface area contributed by atoms with Crippen LogP contribution in [0.5, 0.6) is 0 Å². The van der Waals surface area contributed by atoms with Crippen LogP contribution in [-0.2, 0) is 0 Å². The summed E-state index contributed by atoms with van der Waals surface area (Å²) in [4.78, 5) is 14.3. The maximum Gasteiger partial charge on any atom is 0.175 e. The van der Waals surface area contributed by atoms with E-state index in [1.165, 1.54) is 38.9 Å². The third-order valence-electron chi connectivity index (χ3n) is 6.24. The molecule has 0 aliphatic rings. The third-order valence-corrected chi connectivity index (χ3v) is 6.24. The Morgan fingerprint density at radius 2 is 0.767 bits per heavy atom. The van der Waals surface area contributed by atoms with Crippen LogP contribution >= 0.6 is 0 Å². The van der Waals surface area contributed by atoms with Crippen molar-refractivity contribution in [1.82, 2.24) is 0 Å². The number of Topliss-reactive ketones (excluding diaryl/α,β-unsaturated/α-hetero) is 1. The molecule has 3 rings (SSSR count). The van der Waals surface area contributed by atoms with Gasteiger partial charge in [0.25, 0.3) is 0 Å². The first-order valence-corrected chi connectivity index (χ1v) is 10.8. The van der Waals surface area contributed by atoms with Crippen molar-refractivity contribution in [2.45, 2.75) is 68.2 Å². The summed E-state index contributed by atoms with van der Waals surface area (Å²) in [5.74, 6) is -0.0959. The summed E-state index contributed by atoms with van der Waals surface area (Å²) in [6.07, 6.45) is 0. The monoisotopic (exact) mass is 398 g/mol. The van der Waals surface area contributed by atoms with Crippen molar-refractivity contribution in [2.24, 2.45) is 0 Å². The zero-order valence-corrected chi connectivity index (χ0v) is 19.9. The summed E-state index contributed by atoms with van der Waals surface area (Å²) < 4.78 is 0. The molecule has 0 aromatic heterocycles. The fourth-order valence-electron chi connectivity index (χ4n) is 5.41. The van der Waals surface area contributed by atoms with E-state index in [4.69, 9.17) is 0 Å². The molecule has 0 aliphatic carbocycles. The van der Waals surface area contributed by atoms with E-state index in [0.29, 0.717) is 0 Å². The largest absolute Gasteiger partial charge is 0.293 e. The fraction of sp³-hybridized carbons (Fsp3) is 0.345. The predicted molar refractivity (Wildman–Crippen MR) is 128 cm³/mol. The van der Waals surface area contributed by atoms with E-state index in [1.807, 2.05) is 0 Å². The summed E-state index contributed by atoms with van der Waals surface area (Å²) in [6.45, 7) is 19.0. The van der Waals surface area contributed by atoms with Gasteiger partial charge in [-0.2, -0.15) is 0 Å². The van der Waals surface area contributed by atoms with Gasteiger partial charge in [-0.1, -0.05) is 53.1 Å². The lowest BCUT2D eigenvalue weighted by atomic mass is 9.75. The highest BCUT2D eigenvalue weighted by Gasteiger charge is 2.31. The lowest BCUT2D eigenvalue weighted by Crippen LogP contribution is -2.21. The Kier molecular flexibility index (Phi) is 6.04. The van der Waals surface area contributed by atoms with Gasteiger partial charge in [0.15, 0.2) is 5.78 Å². The van der Waals surface area contributed by atoms with Crippen molar-refractivity contribution in [3.63, 3.8) is 0 Å². The molecule has 30 heavy (non-hydrogen) atoms. The van der Waals surface area contributed by atoms with Crippen molar-refractivity contribution >= 4 is 5.78 Å². The first-order valence-electron chi connectivity index (χ1n) is 10.8. The van der Waals surface area contributed by atoms with Crippen molar-refractivity contribution in [3.8, 4) is 0 Å². The normalized spacial score (nSPS) is 11.3. The van der Waals surface area contributed by atoms with Gasteiger partial charge in [0, 0.05) is 5.56 Å². The van der Waals surface area contributed by atoms with Crippen molar-refractivity contribution in [2.75, 3.05) is 0 Å². The van der Waals surface area contributed by atoms with Gasteiger partial charge in [0.1, 0.15) is 0 Å². The van der Waals surface area contributed by atoms with E-state index < -0.39 is 0 Å². The first kappa shape index (κ1) is 22.0. The van der Waals surface area contributed by atoms with Gasteiger partial charge in [0.2, 0.25) is 0 Å². The van der Waals surface area contributed by atoms with E-state index in [1.54, 1.807) is 0 Å². The predicted octanol–water partition coefficient (Wildman–Crippen LogP) is 7.48. The average Bonchev–Trinajstić information content (AvgIpc) is 2.57. The first-order chi connectivity index (χ1) is 14.0. The highest BCUT2D eigenvalue weighted by molar-refractivity contribution is 6.06. The Balaban J connectivity index is 2.37. The molecule has 0 aliphatic heterocycles. The Bertz CT molecular complexity index is 1020. The molecule has 0 atom stereocenters. The summed E-state index contributed by atoms with van der Waals surface area (Å²) in [5, 5.41) is 0. The zero-order valence-electron chi connectivity index (χ0n) is 19.9. The van der Waals surface area contributed by atoms with E-state index in [2.05, 4.69) is 98.7 Å². The highest BCUT2D eigenvalue weighted by atomic mass is 16.1. The number of rotatable bonds is 4. The van der Waals surface area contributed by atoms with E-state index in [9.17, 15) is 4.79 Å². The van der Waals surface area contributed by atoms with Crippen LogP contribution in [0.3, 0.4) is 0 Å². The summed E-state index contributed by atoms with van der Waals surface area (Å²) in [7, 11) is 0. The van der Waals surface area contributed by atoms with Crippen molar-refractivity contribution in [3.05, 3.63) is 103 Å². The van der Waals surface area contributed by atoms with Gasteiger partial charge in [-0.15, -0.1) is 0 Å². The Morgan fingerprint density at radius 3 is 1.07 bits per heavy atom.